The number of hydrogen-bond acceptors (Lipinski definition) is 2. The zero-order valence-electron chi connectivity index (χ0n) is 11.1. The van der Waals surface area contributed by atoms with E-state index in [2.05, 4.69) is 24.1 Å². The van der Waals surface area contributed by atoms with Gasteiger partial charge in [0.15, 0.2) is 0 Å². The van der Waals surface area contributed by atoms with Gasteiger partial charge in [-0.3, -0.25) is 4.79 Å². The van der Waals surface area contributed by atoms with E-state index in [1.165, 1.54) is 0 Å². The summed E-state index contributed by atoms with van der Waals surface area (Å²) < 4.78 is 0. The van der Waals surface area contributed by atoms with E-state index >= 15 is 0 Å². The molecule has 0 aliphatic heterocycles. The van der Waals surface area contributed by atoms with Crippen molar-refractivity contribution in [2.24, 2.45) is 5.41 Å². The average Bonchev–Trinajstić information content (AvgIpc) is 2.28. The second kappa shape index (κ2) is 7.44. The molecular formula is C13H26N2O. The molecule has 0 aliphatic rings. The molecule has 0 aliphatic carbocycles. The number of carbonyl (C=O) groups excluding carboxylic acids is 1. The fourth-order valence-electron chi connectivity index (χ4n) is 1.59. The Morgan fingerprint density at radius 3 is 2.56 bits per heavy atom. The highest BCUT2D eigenvalue weighted by Crippen LogP contribution is 2.14. The first-order chi connectivity index (χ1) is 7.47. The van der Waals surface area contributed by atoms with Crippen LogP contribution in [0.2, 0.25) is 0 Å². The van der Waals surface area contributed by atoms with Crippen molar-refractivity contribution in [1.29, 1.82) is 0 Å². The third kappa shape index (κ3) is 5.31. The lowest BCUT2D eigenvalue weighted by molar-refractivity contribution is -0.128. The summed E-state index contributed by atoms with van der Waals surface area (Å²) in [6.07, 6.45) is 5.13. The molecule has 0 heterocycles. The van der Waals surface area contributed by atoms with Crippen molar-refractivity contribution in [2.75, 3.05) is 13.6 Å². The van der Waals surface area contributed by atoms with Gasteiger partial charge in [0, 0.05) is 19.6 Å². The molecule has 1 unspecified atom stereocenters. The van der Waals surface area contributed by atoms with Crippen LogP contribution in [0.4, 0.5) is 0 Å². The van der Waals surface area contributed by atoms with Gasteiger partial charge in [0.1, 0.15) is 0 Å². The van der Waals surface area contributed by atoms with Crippen LogP contribution in [0.25, 0.3) is 0 Å². The lowest BCUT2D eigenvalue weighted by Crippen LogP contribution is -2.44. The van der Waals surface area contributed by atoms with Crippen molar-refractivity contribution >= 4 is 5.91 Å². The molecule has 2 N–H and O–H groups in total. The molecule has 0 bridgehead atoms. The van der Waals surface area contributed by atoms with Gasteiger partial charge in [0.2, 0.25) is 5.91 Å². The predicted molar refractivity (Wildman–Crippen MR) is 69.4 cm³/mol. The van der Waals surface area contributed by atoms with Gasteiger partial charge in [-0.25, -0.2) is 0 Å². The van der Waals surface area contributed by atoms with Gasteiger partial charge in [-0.15, -0.1) is 6.58 Å². The third-order valence-corrected chi connectivity index (χ3v) is 2.89. The Morgan fingerprint density at radius 2 is 2.12 bits per heavy atom. The highest BCUT2D eigenvalue weighted by molar-refractivity contribution is 5.81. The van der Waals surface area contributed by atoms with Crippen LogP contribution in [-0.2, 0) is 4.79 Å². The van der Waals surface area contributed by atoms with Gasteiger partial charge in [-0.2, -0.15) is 0 Å². The number of allylic oxidation sites excluding steroid dienone is 1. The van der Waals surface area contributed by atoms with E-state index < -0.39 is 0 Å². The molecule has 0 aromatic heterocycles. The van der Waals surface area contributed by atoms with Crippen LogP contribution in [0.1, 0.15) is 40.0 Å². The molecule has 0 saturated carbocycles. The second-order valence-electron chi connectivity index (χ2n) is 4.82. The van der Waals surface area contributed by atoms with Gasteiger partial charge in [0.25, 0.3) is 0 Å². The first-order valence-electron chi connectivity index (χ1n) is 6.04. The summed E-state index contributed by atoms with van der Waals surface area (Å²) in [5.74, 6) is 0.0820. The molecule has 0 aromatic rings. The maximum atomic E-state index is 11.6. The van der Waals surface area contributed by atoms with Crippen molar-refractivity contribution in [3.8, 4) is 0 Å². The molecular weight excluding hydrogens is 200 g/mol. The molecule has 1 atom stereocenters. The minimum Gasteiger partial charge on any atom is -0.359 e. The average molecular weight is 226 g/mol. The van der Waals surface area contributed by atoms with Gasteiger partial charge in [-0.05, 0) is 33.1 Å². The maximum absolute atomic E-state index is 11.6. The fraction of sp³-hybridized carbons (Fsp3) is 0.769. The van der Waals surface area contributed by atoms with Gasteiger partial charge >= 0.3 is 0 Å². The third-order valence-electron chi connectivity index (χ3n) is 2.89. The molecule has 0 saturated heterocycles. The first-order valence-corrected chi connectivity index (χ1v) is 6.04. The van der Waals surface area contributed by atoms with E-state index in [0.717, 1.165) is 19.3 Å². The van der Waals surface area contributed by atoms with Crippen LogP contribution in [-0.4, -0.2) is 25.5 Å². The van der Waals surface area contributed by atoms with E-state index in [1.807, 2.05) is 19.9 Å². The maximum Gasteiger partial charge on any atom is 0.226 e. The smallest absolute Gasteiger partial charge is 0.226 e. The topological polar surface area (TPSA) is 41.1 Å². The Hall–Kier alpha value is -0.830. The summed E-state index contributed by atoms with van der Waals surface area (Å²) in [5, 5.41) is 6.15. The van der Waals surface area contributed by atoms with E-state index in [9.17, 15) is 4.79 Å². The number of rotatable bonds is 8. The zero-order valence-corrected chi connectivity index (χ0v) is 11.1. The van der Waals surface area contributed by atoms with E-state index in [-0.39, 0.29) is 11.3 Å². The molecule has 16 heavy (non-hydrogen) atoms. The minimum absolute atomic E-state index is 0.0820. The monoisotopic (exact) mass is 226 g/mol. The molecule has 3 heteroatoms. The highest BCUT2D eigenvalue weighted by Gasteiger charge is 2.26. The van der Waals surface area contributed by atoms with Crippen LogP contribution in [0, 0.1) is 5.41 Å². The van der Waals surface area contributed by atoms with Crippen LogP contribution in [0.5, 0.6) is 0 Å². The van der Waals surface area contributed by atoms with Crippen molar-refractivity contribution in [3.05, 3.63) is 12.7 Å². The summed E-state index contributed by atoms with van der Waals surface area (Å²) in [6, 6.07) is 0.474. The predicted octanol–water partition coefficient (Wildman–Crippen LogP) is 2.09. The Balaban J connectivity index is 4.08. The summed E-state index contributed by atoms with van der Waals surface area (Å²) in [5.41, 5.74) is -0.351. The standard InChI is InChI=1S/C13H26N2O/c1-6-8-9-11(7-2)15-10-13(3,4)12(16)14-5/h6,11,15H,1,7-10H2,2-5H3,(H,14,16). The zero-order chi connectivity index (χ0) is 12.6. The lowest BCUT2D eigenvalue weighted by atomic mass is 9.91. The van der Waals surface area contributed by atoms with E-state index in [1.54, 1.807) is 7.05 Å². The molecule has 3 nitrogen and oxygen atoms in total. The highest BCUT2D eigenvalue weighted by atomic mass is 16.2. The Kier molecular flexibility index (Phi) is 7.06. The van der Waals surface area contributed by atoms with E-state index in [0.29, 0.717) is 12.6 Å². The van der Waals surface area contributed by atoms with Gasteiger partial charge in [-0.1, -0.05) is 13.0 Å². The molecule has 1 amide bonds. The summed E-state index contributed by atoms with van der Waals surface area (Å²) in [7, 11) is 1.68. The van der Waals surface area contributed by atoms with Crippen molar-refractivity contribution in [2.45, 2.75) is 46.1 Å². The van der Waals surface area contributed by atoms with Crippen LogP contribution in [0.3, 0.4) is 0 Å². The quantitative estimate of drug-likeness (QED) is 0.622. The first kappa shape index (κ1) is 15.2. The van der Waals surface area contributed by atoms with Crippen LogP contribution >= 0.6 is 0 Å². The number of amides is 1. The van der Waals surface area contributed by atoms with Crippen molar-refractivity contribution in [1.82, 2.24) is 10.6 Å². The van der Waals surface area contributed by atoms with Crippen LogP contribution in [0.15, 0.2) is 12.7 Å². The van der Waals surface area contributed by atoms with Gasteiger partial charge in [0.05, 0.1) is 5.41 Å². The second-order valence-corrected chi connectivity index (χ2v) is 4.82. The molecule has 0 fully saturated rings. The molecule has 0 rings (SSSR count). The molecule has 0 aromatic carbocycles. The minimum atomic E-state index is -0.351. The molecule has 94 valence electrons. The normalized spacial score (nSPS) is 13.2. The summed E-state index contributed by atoms with van der Waals surface area (Å²) in [6.45, 7) is 10.5. The number of carbonyl (C=O) groups is 1. The van der Waals surface area contributed by atoms with Crippen LogP contribution < -0.4 is 10.6 Å². The van der Waals surface area contributed by atoms with Crippen molar-refractivity contribution in [3.63, 3.8) is 0 Å². The Morgan fingerprint density at radius 1 is 1.50 bits per heavy atom. The van der Waals surface area contributed by atoms with E-state index in [4.69, 9.17) is 0 Å². The molecule has 0 radical (unpaired) electrons. The summed E-state index contributed by atoms with van der Waals surface area (Å²) >= 11 is 0. The Labute approximate surface area is 99.7 Å². The lowest BCUT2D eigenvalue weighted by Gasteiger charge is -2.26. The fourth-order valence-corrected chi connectivity index (χ4v) is 1.59. The largest absolute Gasteiger partial charge is 0.359 e. The number of hydrogen-bond donors (Lipinski definition) is 2. The SMILES string of the molecule is C=CCCC(CC)NCC(C)(C)C(=O)NC. The van der Waals surface area contributed by atoms with Gasteiger partial charge < -0.3 is 10.6 Å². The van der Waals surface area contributed by atoms with Crippen molar-refractivity contribution < 1.29 is 4.79 Å². The summed E-state index contributed by atoms with van der Waals surface area (Å²) in [4.78, 5) is 11.6. The number of nitrogens with one attached hydrogen (secondary N) is 2. The Bertz CT molecular complexity index is 224. The molecule has 0 spiro atoms.